The molecule has 0 aromatic heterocycles. The number of aliphatic hydroxyl groups excluding tert-OH is 2. The van der Waals surface area contributed by atoms with E-state index in [1.165, 1.54) is 0 Å². The lowest BCUT2D eigenvalue weighted by Gasteiger charge is -2.30. The van der Waals surface area contributed by atoms with Crippen LogP contribution in [0.2, 0.25) is 0 Å². The van der Waals surface area contributed by atoms with Crippen LogP contribution in [-0.4, -0.2) is 47.6 Å². The molecule has 0 saturated carbocycles. The molecule has 2 fully saturated rings. The summed E-state index contributed by atoms with van der Waals surface area (Å²) in [6, 6.07) is 0. The summed E-state index contributed by atoms with van der Waals surface area (Å²) in [7, 11) is 0. The standard InChI is InChI=1S/C6H9FO4/c7-3-4(8)2-1-10-6(11-2)5(3)9/h2-6,8-9H,1H2. The Morgan fingerprint density at radius 3 is 2.73 bits per heavy atom. The van der Waals surface area contributed by atoms with Crippen LogP contribution in [0.25, 0.3) is 0 Å². The maximum Gasteiger partial charge on any atom is 0.187 e. The molecular weight excluding hydrogens is 155 g/mol. The van der Waals surface area contributed by atoms with Gasteiger partial charge in [-0.2, -0.15) is 0 Å². The van der Waals surface area contributed by atoms with Gasteiger partial charge in [0.05, 0.1) is 6.61 Å². The van der Waals surface area contributed by atoms with Crippen molar-refractivity contribution in [3.8, 4) is 0 Å². The van der Waals surface area contributed by atoms with E-state index in [1.807, 2.05) is 0 Å². The Morgan fingerprint density at radius 2 is 2.00 bits per heavy atom. The minimum absolute atomic E-state index is 0.156. The Kier molecular flexibility index (Phi) is 1.61. The number of aliphatic hydroxyl groups is 2. The number of halogens is 1. The van der Waals surface area contributed by atoms with Gasteiger partial charge >= 0.3 is 0 Å². The molecule has 5 unspecified atom stereocenters. The maximum absolute atomic E-state index is 12.9. The van der Waals surface area contributed by atoms with Gasteiger partial charge in [0.25, 0.3) is 0 Å². The zero-order valence-corrected chi connectivity index (χ0v) is 5.68. The molecule has 2 heterocycles. The predicted octanol–water partition coefficient (Wildman–Crippen LogP) is -1.20. The lowest BCUT2D eigenvalue weighted by molar-refractivity contribution is -0.211. The molecule has 2 saturated heterocycles. The van der Waals surface area contributed by atoms with Crippen molar-refractivity contribution in [1.29, 1.82) is 0 Å². The van der Waals surface area contributed by atoms with E-state index in [-0.39, 0.29) is 6.61 Å². The zero-order valence-electron chi connectivity index (χ0n) is 5.68. The van der Waals surface area contributed by atoms with Crippen LogP contribution in [0, 0.1) is 0 Å². The fraction of sp³-hybridized carbons (Fsp3) is 1.00. The Labute approximate surface area is 62.5 Å². The molecule has 0 aromatic carbocycles. The number of hydrogen-bond donors (Lipinski definition) is 2. The summed E-state index contributed by atoms with van der Waals surface area (Å²) >= 11 is 0. The molecule has 2 rings (SSSR count). The van der Waals surface area contributed by atoms with Gasteiger partial charge in [0, 0.05) is 0 Å². The first-order chi connectivity index (χ1) is 5.20. The Balaban J connectivity index is 2.16. The van der Waals surface area contributed by atoms with Gasteiger partial charge in [0.2, 0.25) is 0 Å². The highest BCUT2D eigenvalue weighted by atomic mass is 19.1. The van der Waals surface area contributed by atoms with Gasteiger partial charge in [-0.15, -0.1) is 0 Å². The molecule has 0 amide bonds. The molecule has 0 aliphatic carbocycles. The Bertz CT molecular complexity index is 145. The van der Waals surface area contributed by atoms with Crippen molar-refractivity contribution in [1.82, 2.24) is 0 Å². The molecule has 64 valence electrons. The van der Waals surface area contributed by atoms with Crippen LogP contribution in [0.4, 0.5) is 4.39 Å². The van der Waals surface area contributed by atoms with Crippen LogP contribution in [0.5, 0.6) is 0 Å². The summed E-state index contributed by atoms with van der Waals surface area (Å²) < 4.78 is 22.6. The van der Waals surface area contributed by atoms with Crippen molar-refractivity contribution >= 4 is 0 Å². The monoisotopic (exact) mass is 164 g/mol. The van der Waals surface area contributed by atoms with Crippen molar-refractivity contribution in [3.05, 3.63) is 0 Å². The molecule has 0 spiro atoms. The molecule has 2 aliphatic rings. The van der Waals surface area contributed by atoms with E-state index in [0.717, 1.165) is 0 Å². The van der Waals surface area contributed by atoms with E-state index in [9.17, 15) is 4.39 Å². The lowest BCUT2D eigenvalue weighted by atomic mass is 10.0. The van der Waals surface area contributed by atoms with Gasteiger partial charge < -0.3 is 19.7 Å². The van der Waals surface area contributed by atoms with E-state index in [2.05, 4.69) is 0 Å². The molecule has 0 radical (unpaired) electrons. The van der Waals surface area contributed by atoms with Crippen LogP contribution in [-0.2, 0) is 9.47 Å². The van der Waals surface area contributed by atoms with Crippen LogP contribution < -0.4 is 0 Å². The summed E-state index contributed by atoms with van der Waals surface area (Å²) in [6.07, 6.45) is -5.77. The second-order valence-electron chi connectivity index (χ2n) is 2.80. The van der Waals surface area contributed by atoms with Crippen molar-refractivity contribution in [2.75, 3.05) is 6.61 Å². The van der Waals surface area contributed by atoms with E-state index >= 15 is 0 Å². The highest BCUT2D eigenvalue weighted by Crippen LogP contribution is 2.29. The normalized spacial score (nSPS) is 56.5. The highest BCUT2D eigenvalue weighted by Gasteiger charge is 2.49. The van der Waals surface area contributed by atoms with Gasteiger partial charge in [0.1, 0.15) is 18.3 Å². The Morgan fingerprint density at radius 1 is 1.27 bits per heavy atom. The van der Waals surface area contributed by atoms with Gasteiger partial charge in [0.15, 0.2) is 12.5 Å². The number of hydrogen-bond acceptors (Lipinski definition) is 4. The topological polar surface area (TPSA) is 58.9 Å². The number of fused-ring (bicyclic) bond motifs is 2. The third-order valence-electron chi connectivity index (χ3n) is 2.05. The maximum atomic E-state index is 12.9. The minimum Gasteiger partial charge on any atom is -0.387 e. The van der Waals surface area contributed by atoms with Crippen molar-refractivity contribution in [3.63, 3.8) is 0 Å². The van der Waals surface area contributed by atoms with Crippen molar-refractivity contribution in [2.24, 2.45) is 0 Å². The fourth-order valence-electron chi connectivity index (χ4n) is 1.36. The average molecular weight is 164 g/mol. The van der Waals surface area contributed by atoms with Gasteiger partial charge in [-0.3, -0.25) is 0 Å². The number of alkyl halides is 1. The van der Waals surface area contributed by atoms with Gasteiger partial charge in [-0.25, -0.2) is 4.39 Å². The van der Waals surface area contributed by atoms with Crippen LogP contribution in [0.1, 0.15) is 0 Å². The van der Waals surface area contributed by atoms with E-state index in [4.69, 9.17) is 19.7 Å². The fourth-order valence-corrected chi connectivity index (χ4v) is 1.36. The number of ether oxygens (including phenoxy) is 2. The first-order valence-electron chi connectivity index (χ1n) is 3.47. The molecule has 2 N–H and O–H groups in total. The molecule has 11 heavy (non-hydrogen) atoms. The Hall–Kier alpha value is -0.230. The highest BCUT2D eigenvalue weighted by molar-refractivity contribution is 4.92. The van der Waals surface area contributed by atoms with Gasteiger partial charge in [-0.1, -0.05) is 0 Å². The second kappa shape index (κ2) is 2.38. The first-order valence-corrected chi connectivity index (χ1v) is 3.47. The lowest BCUT2D eigenvalue weighted by Crippen LogP contribution is -2.51. The molecule has 0 aromatic rings. The summed E-state index contributed by atoms with van der Waals surface area (Å²) in [5.41, 5.74) is 0. The molecular formula is C6H9FO4. The molecule has 2 bridgehead atoms. The van der Waals surface area contributed by atoms with Crippen LogP contribution in [0.15, 0.2) is 0 Å². The third-order valence-corrected chi connectivity index (χ3v) is 2.05. The largest absolute Gasteiger partial charge is 0.387 e. The smallest absolute Gasteiger partial charge is 0.187 e. The van der Waals surface area contributed by atoms with E-state index in [0.29, 0.717) is 0 Å². The first kappa shape index (κ1) is 7.42. The number of rotatable bonds is 0. The summed E-state index contributed by atoms with van der Waals surface area (Å²) in [6.45, 7) is 0.156. The zero-order chi connectivity index (χ0) is 8.01. The quantitative estimate of drug-likeness (QED) is 0.472. The van der Waals surface area contributed by atoms with E-state index in [1.54, 1.807) is 0 Å². The van der Waals surface area contributed by atoms with Gasteiger partial charge in [-0.05, 0) is 0 Å². The SMILES string of the molecule is OC1C2COC(O2)C(O)C1F. The second-order valence-corrected chi connectivity index (χ2v) is 2.80. The third kappa shape index (κ3) is 0.961. The molecule has 5 heteroatoms. The predicted molar refractivity (Wildman–Crippen MR) is 31.5 cm³/mol. The molecule has 4 nitrogen and oxygen atoms in total. The van der Waals surface area contributed by atoms with Crippen LogP contribution >= 0.6 is 0 Å². The average Bonchev–Trinajstić information content (AvgIpc) is 2.44. The minimum atomic E-state index is -1.65. The molecule has 2 aliphatic heterocycles. The van der Waals surface area contributed by atoms with Crippen LogP contribution in [0.3, 0.4) is 0 Å². The summed E-state index contributed by atoms with van der Waals surface area (Å²) in [5, 5.41) is 18.1. The van der Waals surface area contributed by atoms with E-state index < -0.39 is 30.8 Å². The van der Waals surface area contributed by atoms with Crippen molar-refractivity contribution in [2.45, 2.75) is 30.8 Å². The van der Waals surface area contributed by atoms with Crippen molar-refractivity contribution < 1.29 is 24.1 Å². The summed E-state index contributed by atoms with van der Waals surface area (Å²) in [5.74, 6) is 0. The summed E-state index contributed by atoms with van der Waals surface area (Å²) in [4.78, 5) is 0. The molecule has 5 atom stereocenters.